The Morgan fingerprint density at radius 2 is 1.92 bits per heavy atom. The van der Waals surface area contributed by atoms with Gasteiger partial charge in [0.15, 0.2) is 12.4 Å². The summed E-state index contributed by atoms with van der Waals surface area (Å²) in [5, 5.41) is 3.40. The Balaban J connectivity index is 2.33. The first-order chi connectivity index (χ1) is 6.18. The second-order valence-corrected chi connectivity index (χ2v) is 3.73. The number of rotatable bonds is 4. The van der Waals surface area contributed by atoms with Gasteiger partial charge in [0, 0.05) is 18.2 Å². The van der Waals surface area contributed by atoms with Crippen LogP contribution in [-0.4, -0.2) is 12.6 Å². The zero-order valence-corrected chi connectivity index (χ0v) is 8.75. The van der Waals surface area contributed by atoms with E-state index in [1.165, 1.54) is 5.56 Å². The van der Waals surface area contributed by atoms with Gasteiger partial charge in [-0.05, 0) is 18.5 Å². The van der Waals surface area contributed by atoms with Crippen LogP contribution in [0.4, 0.5) is 0 Å². The third-order valence-electron chi connectivity index (χ3n) is 2.01. The van der Waals surface area contributed by atoms with Gasteiger partial charge in [0.25, 0.3) is 0 Å². The molecule has 0 aromatic carbocycles. The fraction of sp³-hybridized carbons (Fsp3) is 0.545. The van der Waals surface area contributed by atoms with Crippen LogP contribution in [0.25, 0.3) is 0 Å². The topological polar surface area (TPSA) is 15.9 Å². The molecule has 0 aliphatic heterocycles. The Labute approximate surface area is 80.6 Å². The molecule has 0 atom stereocenters. The van der Waals surface area contributed by atoms with Gasteiger partial charge in [0.1, 0.15) is 7.05 Å². The third-order valence-corrected chi connectivity index (χ3v) is 2.01. The van der Waals surface area contributed by atoms with E-state index < -0.39 is 0 Å². The van der Waals surface area contributed by atoms with E-state index in [0.717, 1.165) is 13.0 Å². The van der Waals surface area contributed by atoms with Crippen LogP contribution < -0.4 is 9.88 Å². The molecular weight excluding hydrogens is 160 g/mol. The lowest BCUT2D eigenvalue weighted by Crippen LogP contribution is -2.27. The molecule has 0 fully saturated rings. The number of pyridine rings is 1. The van der Waals surface area contributed by atoms with E-state index in [1.54, 1.807) is 0 Å². The van der Waals surface area contributed by atoms with Gasteiger partial charge in [-0.2, -0.15) is 0 Å². The molecule has 0 saturated heterocycles. The second-order valence-electron chi connectivity index (χ2n) is 3.73. The molecule has 0 saturated carbocycles. The molecule has 1 heterocycles. The Bertz CT molecular complexity index is 239. The van der Waals surface area contributed by atoms with E-state index in [4.69, 9.17) is 0 Å². The summed E-state index contributed by atoms with van der Waals surface area (Å²) in [5.74, 6) is 0. The van der Waals surface area contributed by atoms with Crippen molar-refractivity contribution >= 4 is 0 Å². The normalized spacial score (nSPS) is 10.8. The summed E-state index contributed by atoms with van der Waals surface area (Å²) in [4.78, 5) is 0. The van der Waals surface area contributed by atoms with Crippen molar-refractivity contribution in [2.45, 2.75) is 26.3 Å². The summed E-state index contributed by atoms with van der Waals surface area (Å²) < 4.78 is 2.05. The minimum Gasteiger partial charge on any atom is -0.314 e. The lowest BCUT2D eigenvalue weighted by Gasteiger charge is -2.06. The molecule has 1 aromatic heterocycles. The first-order valence-corrected chi connectivity index (χ1v) is 4.86. The number of aryl methyl sites for hydroxylation is 1. The van der Waals surface area contributed by atoms with Gasteiger partial charge in [-0.25, -0.2) is 4.57 Å². The van der Waals surface area contributed by atoms with Gasteiger partial charge in [-0.1, -0.05) is 13.8 Å². The Morgan fingerprint density at radius 3 is 2.46 bits per heavy atom. The van der Waals surface area contributed by atoms with Gasteiger partial charge in [0.2, 0.25) is 0 Å². The lowest BCUT2D eigenvalue weighted by atomic mass is 10.2. The predicted molar refractivity (Wildman–Crippen MR) is 54.5 cm³/mol. The molecule has 2 heteroatoms. The number of hydrogen-bond acceptors (Lipinski definition) is 1. The molecule has 0 radical (unpaired) electrons. The summed E-state index contributed by atoms with van der Waals surface area (Å²) in [6, 6.07) is 4.92. The van der Waals surface area contributed by atoms with Gasteiger partial charge in [0.05, 0.1) is 0 Å². The summed E-state index contributed by atoms with van der Waals surface area (Å²) in [6.45, 7) is 5.40. The molecule has 1 rings (SSSR count). The average molecular weight is 179 g/mol. The van der Waals surface area contributed by atoms with E-state index in [-0.39, 0.29) is 0 Å². The van der Waals surface area contributed by atoms with Crippen LogP contribution in [0.1, 0.15) is 19.4 Å². The fourth-order valence-electron chi connectivity index (χ4n) is 1.20. The van der Waals surface area contributed by atoms with Gasteiger partial charge in [-0.3, -0.25) is 0 Å². The van der Waals surface area contributed by atoms with Crippen LogP contribution in [0.15, 0.2) is 24.5 Å². The molecule has 0 amide bonds. The van der Waals surface area contributed by atoms with Crippen molar-refractivity contribution in [2.24, 2.45) is 7.05 Å². The fourth-order valence-corrected chi connectivity index (χ4v) is 1.20. The van der Waals surface area contributed by atoms with E-state index in [1.807, 2.05) is 7.05 Å². The Kier molecular flexibility index (Phi) is 3.90. The molecule has 1 aromatic rings. The van der Waals surface area contributed by atoms with Crippen molar-refractivity contribution in [1.82, 2.24) is 5.32 Å². The van der Waals surface area contributed by atoms with Crippen molar-refractivity contribution in [3.63, 3.8) is 0 Å². The van der Waals surface area contributed by atoms with Crippen molar-refractivity contribution in [3.05, 3.63) is 30.1 Å². The molecule has 72 valence electrons. The SMILES string of the molecule is CC(C)NCCc1cc[n+](C)cc1. The molecule has 0 aliphatic carbocycles. The Morgan fingerprint density at radius 1 is 1.31 bits per heavy atom. The largest absolute Gasteiger partial charge is 0.314 e. The first-order valence-electron chi connectivity index (χ1n) is 4.86. The van der Waals surface area contributed by atoms with E-state index >= 15 is 0 Å². The lowest BCUT2D eigenvalue weighted by molar-refractivity contribution is -0.671. The van der Waals surface area contributed by atoms with Crippen LogP contribution in [0.3, 0.4) is 0 Å². The highest BCUT2D eigenvalue weighted by Crippen LogP contribution is 1.95. The number of nitrogens with one attached hydrogen (secondary N) is 1. The van der Waals surface area contributed by atoms with Crippen LogP contribution in [0.5, 0.6) is 0 Å². The molecule has 0 spiro atoms. The molecule has 0 aliphatic rings. The first kappa shape index (κ1) is 10.2. The second kappa shape index (κ2) is 4.97. The number of nitrogens with zero attached hydrogens (tertiary/aromatic N) is 1. The molecule has 0 unspecified atom stereocenters. The highest BCUT2D eigenvalue weighted by atomic mass is 14.9. The minimum absolute atomic E-state index is 0.583. The quantitative estimate of drug-likeness (QED) is 0.683. The Hall–Kier alpha value is -0.890. The van der Waals surface area contributed by atoms with Crippen molar-refractivity contribution in [1.29, 1.82) is 0 Å². The molecule has 2 nitrogen and oxygen atoms in total. The third kappa shape index (κ3) is 4.04. The summed E-state index contributed by atoms with van der Waals surface area (Å²) in [7, 11) is 2.04. The summed E-state index contributed by atoms with van der Waals surface area (Å²) >= 11 is 0. The van der Waals surface area contributed by atoms with E-state index in [2.05, 4.69) is 48.3 Å². The van der Waals surface area contributed by atoms with Crippen LogP contribution in [0.2, 0.25) is 0 Å². The minimum atomic E-state index is 0.583. The maximum Gasteiger partial charge on any atom is 0.168 e. The van der Waals surface area contributed by atoms with Crippen molar-refractivity contribution in [2.75, 3.05) is 6.54 Å². The van der Waals surface area contributed by atoms with Crippen LogP contribution in [0, 0.1) is 0 Å². The number of hydrogen-bond donors (Lipinski definition) is 1. The predicted octanol–water partition coefficient (Wildman–Crippen LogP) is 1.05. The molecular formula is C11H19N2+. The van der Waals surface area contributed by atoms with Crippen LogP contribution in [-0.2, 0) is 13.5 Å². The van der Waals surface area contributed by atoms with Gasteiger partial charge >= 0.3 is 0 Å². The maximum absolute atomic E-state index is 3.40. The van der Waals surface area contributed by atoms with Crippen molar-refractivity contribution in [3.8, 4) is 0 Å². The van der Waals surface area contributed by atoms with Gasteiger partial charge < -0.3 is 5.32 Å². The standard InChI is InChI=1S/C11H19N2/c1-10(2)12-7-4-11-5-8-13(3)9-6-11/h5-6,8-10,12H,4,7H2,1-3H3/q+1. The monoisotopic (exact) mass is 179 g/mol. The zero-order chi connectivity index (χ0) is 9.68. The molecule has 1 N–H and O–H groups in total. The molecule has 13 heavy (non-hydrogen) atoms. The van der Waals surface area contributed by atoms with Gasteiger partial charge in [-0.15, -0.1) is 0 Å². The maximum atomic E-state index is 3.40. The van der Waals surface area contributed by atoms with E-state index in [9.17, 15) is 0 Å². The summed E-state index contributed by atoms with van der Waals surface area (Å²) in [6.07, 6.45) is 5.29. The highest BCUT2D eigenvalue weighted by Gasteiger charge is 1.96. The highest BCUT2D eigenvalue weighted by molar-refractivity contribution is 5.07. The summed E-state index contributed by atoms with van der Waals surface area (Å²) in [5.41, 5.74) is 1.39. The van der Waals surface area contributed by atoms with Crippen LogP contribution >= 0.6 is 0 Å². The molecule has 0 bridgehead atoms. The average Bonchev–Trinajstić information content (AvgIpc) is 2.08. The number of aromatic nitrogens is 1. The van der Waals surface area contributed by atoms with Crippen molar-refractivity contribution < 1.29 is 4.57 Å². The van der Waals surface area contributed by atoms with E-state index in [0.29, 0.717) is 6.04 Å². The smallest absolute Gasteiger partial charge is 0.168 e. The zero-order valence-electron chi connectivity index (χ0n) is 8.75.